The van der Waals surface area contributed by atoms with Gasteiger partial charge in [0.15, 0.2) is 0 Å². The van der Waals surface area contributed by atoms with E-state index in [2.05, 4.69) is 0 Å². The Balaban J connectivity index is 1.70. The lowest BCUT2D eigenvalue weighted by Crippen LogP contribution is -2.36. The summed E-state index contributed by atoms with van der Waals surface area (Å²) in [7, 11) is -0.147. The molecule has 1 aromatic heterocycles. The molecule has 0 saturated carbocycles. The maximum atomic E-state index is 13.4. The van der Waals surface area contributed by atoms with E-state index >= 15 is 0 Å². The van der Waals surface area contributed by atoms with Gasteiger partial charge in [0.1, 0.15) is 18.9 Å². The molecule has 2 aromatic rings. The van der Waals surface area contributed by atoms with Crippen molar-refractivity contribution >= 4 is 41.8 Å². The van der Waals surface area contributed by atoms with Crippen molar-refractivity contribution < 1.29 is 28.0 Å². The van der Waals surface area contributed by atoms with Crippen LogP contribution in [-0.4, -0.2) is 39.2 Å². The quantitative estimate of drug-likeness (QED) is 0.272. The van der Waals surface area contributed by atoms with E-state index in [4.69, 9.17) is 8.94 Å². The van der Waals surface area contributed by atoms with Gasteiger partial charge in [0, 0.05) is 37.9 Å². The summed E-state index contributed by atoms with van der Waals surface area (Å²) in [6.45, 7) is 2.60. The highest BCUT2D eigenvalue weighted by molar-refractivity contribution is 7.50. The van der Waals surface area contributed by atoms with Crippen molar-refractivity contribution in [2.45, 2.75) is 19.8 Å². The number of nitrogens with zero attached hydrogens (tertiary/aromatic N) is 2. The molecule has 1 aromatic carbocycles. The fourth-order valence-electron chi connectivity index (χ4n) is 4.72. The van der Waals surface area contributed by atoms with Gasteiger partial charge in [0.2, 0.25) is 11.8 Å². The van der Waals surface area contributed by atoms with E-state index in [1.54, 1.807) is 19.1 Å². The number of imide groups is 1. The van der Waals surface area contributed by atoms with Crippen LogP contribution in [0.15, 0.2) is 39.6 Å². The van der Waals surface area contributed by atoms with Gasteiger partial charge >= 0.3 is 5.63 Å². The van der Waals surface area contributed by atoms with Crippen LogP contribution in [0.2, 0.25) is 0 Å². The van der Waals surface area contributed by atoms with Crippen LogP contribution in [0.5, 0.6) is 0 Å². The van der Waals surface area contributed by atoms with Gasteiger partial charge in [0.25, 0.3) is 0 Å². The third-order valence-electron chi connectivity index (χ3n) is 6.35. The molecule has 0 bridgehead atoms. The molecule has 0 spiro atoms. The van der Waals surface area contributed by atoms with Gasteiger partial charge in [-0.25, -0.2) is 9.69 Å². The number of hydrogen-bond acceptors (Lipinski definition) is 8. The molecule has 33 heavy (non-hydrogen) atoms. The number of aryl methyl sites for hydroxylation is 1. The number of fused-ring (bicyclic) bond motifs is 2. The number of carbonyl (C=O) groups excluding carboxylic acids is 2. The molecule has 0 radical (unpaired) electrons. The van der Waals surface area contributed by atoms with Gasteiger partial charge in [-0.15, -0.1) is 0 Å². The Hall–Kier alpha value is -2.74. The van der Waals surface area contributed by atoms with Gasteiger partial charge in [0.05, 0.1) is 18.4 Å². The van der Waals surface area contributed by atoms with Crippen LogP contribution in [0.3, 0.4) is 0 Å². The minimum atomic E-state index is -3.89. The number of benzene rings is 1. The molecule has 2 heterocycles. The molecule has 4 rings (SSSR count). The Bertz CT molecular complexity index is 1260. The third kappa shape index (κ3) is 4.28. The molecule has 2 amide bonds. The van der Waals surface area contributed by atoms with Crippen LogP contribution >= 0.6 is 7.60 Å². The molecule has 2 aliphatic rings. The topological polar surface area (TPSA) is 120 Å². The third-order valence-corrected chi connectivity index (χ3v) is 7.00. The molecule has 1 aliphatic heterocycles. The van der Waals surface area contributed by atoms with Crippen molar-refractivity contribution in [1.29, 1.82) is 0 Å². The molecule has 4 atom stereocenters. The van der Waals surface area contributed by atoms with Gasteiger partial charge < -0.3 is 23.3 Å². The summed E-state index contributed by atoms with van der Waals surface area (Å²) in [6.07, 6.45) is 4.29. The lowest BCUT2D eigenvalue weighted by Gasteiger charge is -2.27. The largest absolute Gasteiger partial charge is 0.779 e. The first-order chi connectivity index (χ1) is 15.5. The SMILES string of the molecule is Cc1c(N2C(=O)C3CC=CC(CCOP(C)(=O)[O-])C3C2=O)c(=O)oc2cc(N(C)C)ccc12. The summed E-state index contributed by atoms with van der Waals surface area (Å²) in [5.74, 6) is -2.57. The van der Waals surface area contributed by atoms with E-state index < -0.39 is 36.9 Å². The zero-order chi connectivity index (χ0) is 24.1. The Morgan fingerprint density at radius 1 is 1.24 bits per heavy atom. The Labute approximate surface area is 191 Å². The first-order valence-corrected chi connectivity index (χ1v) is 12.7. The van der Waals surface area contributed by atoms with E-state index in [0.29, 0.717) is 23.0 Å². The van der Waals surface area contributed by atoms with Crippen LogP contribution in [0.4, 0.5) is 11.4 Å². The van der Waals surface area contributed by atoms with Gasteiger partial charge in [-0.1, -0.05) is 12.2 Å². The summed E-state index contributed by atoms with van der Waals surface area (Å²) in [5, 5.41) is 0.642. The van der Waals surface area contributed by atoms with Crippen LogP contribution < -0.4 is 20.3 Å². The monoisotopic (exact) mass is 473 g/mol. The highest BCUT2D eigenvalue weighted by Crippen LogP contribution is 2.43. The van der Waals surface area contributed by atoms with E-state index in [9.17, 15) is 23.8 Å². The van der Waals surface area contributed by atoms with Gasteiger partial charge in [-0.3, -0.25) is 9.59 Å². The van der Waals surface area contributed by atoms with Crippen molar-refractivity contribution in [3.63, 3.8) is 0 Å². The summed E-state index contributed by atoms with van der Waals surface area (Å²) in [4.78, 5) is 53.8. The number of carbonyl (C=O) groups is 2. The maximum absolute atomic E-state index is 13.4. The summed E-state index contributed by atoms with van der Waals surface area (Å²) in [5.41, 5.74) is 0.919. The van der Waals surface area contributed by atoms with Crippen molar-refractivity contribution in [1.82, 2.24) is 0 Å². The second kappa shape index (κ2) is 8.56. The number of allylic oxidation sites excluding steroid dienone is 2. The zero-order valence-corrected chi connectivity index (χ0v) is 19.8. The normalized spacial score (nSPS) is 24.3. The minimum Gasteiger partial charge on any atom is -0.779 e. The second-order valence-corrected chi connectivity index (χ2v) is 10.6. The first-order valence-electron chi connectivity index (χ1n) is 10.7. The molecule has 0 N–H and O–H groups in total. The van der Waals surface area contributed by atoms with E-state index in [0.717, 1.165) is 17.3 Å². The van der Waals surface area contributed by atoms with Crippen LogP contribution in [0, 0.1) is 24.7 Å². The van der Waals surface area contributed by atoms with Crippen molar-refractivity contribution in [2.75, 3.05) is 37.2 Å². The maximum Gasteiger partial charge on any atom is 0.361 e. The zero-order valence-electron chi connectivity index (χ0n) is 18.9. The standard InChI is InChI=1S/C23H27N2O7P/c1-13-16-9-8-15(24(2)3)12-18(16)32-23(28)20(13)25-21(26)17-7-5-6-14(19(17)22(25)27)10-11-31-33(4,29)30/h5-6,8-9,12,14,17,19H,7,10-11H2,1-4H3,(H,29,30)/p-1. The Kier molecular flexibility index (Phi) is 6.07. The molecule has 1 aliphatic carbocycles. The number of anilines is 2. The van der Waals surface area contributed by atoms with Crippen molar-refractivity contribution in [2.24, 2.45) is 17.8 Å². The fraction of sp³-hybridized carbons (Fsp3) is 0.435. The summed E-state index contributed by atoms with van der Waals surface area (Å²) >= 11 is 0. The van der Waals surface area contributed by atoms with Gasteiger partial charge in [-0.2, -0.15) is 0 Å². The predicted octanol–water partition coefficient (Wildman–Crippen LogP) is 2.44. The molecule has 1 saturated heterocycles. The number of rotatable bonds is 6. The smallest absolute Gasteiger partial charge is 0.361 e. The highest BCUT2D eigenvalue weighted by Gasteiger charge is 2.52. The molecule has 1 fully saturated rings. The number of hydrogen-bond donors (Lipinski definition) is 0. The molecular weight excluding hydrogens is 447 g/mol. The van der Waals surface area contributed by atoms with E-state index in [-0.39, 0.29) is 24.6 Å². The molecule has 10 heteroatoms. The Morgan fingerprint density at radius 3 is 2.64 bits per heavy atom. The summed E-state index contributed by atoms with van der Waals surface area (Å²) in [6, 6.07) is 5.41. The fourth-order valence-corrected chi connectivity index (χ4v) is 5.16. The molecule has 4 unspecified atom stereocenters. The lowest BCUT2D eigenvalue weighted by molar-refractivity contribution is -0.196. The predicted molar refractivity (Wildman–Crippen MR) is 122 cm³/mol. The van der Waals surface area contributed by atoms with Crippen LogP contribution in [-0.2, 0) is 18.7 Å². The lowest BCUT2D eigenvalue weighted by atomic mass is 9.76. The first kappa shape index (κ1) is 23.4. The average Bonchev–Trinajstić information content (AvgIpc) is 2.98. The molecule has 176 valence electrons. The van der Waals surface area contributed by atoms with Gasteiger partial charge in [-0.05, 0) is 43.4 Å². The van der Waals surface area contributed by atoms with Crippen molar-refractivity contribution in [3.8, 4) is 0 Å². The van der Waals surface area contributed by atoms with Crippen LogP contribution in [0.1, 0.15) is 18.4 Å². The molecule has 9 nitrogen and oxygen atoms in total. The van der Waals surface area contributed by atoms with Crippen LogP contribution in [0.25, 0.3) is 11.0 Å². The van der Waals surface area contributed by atoms with E-state index in [1.807, 2.05) is 37.2 Å². The Morgan fingerprint density at radius 2 is 1.97 bits per heavy atom. The molecular formula is C23H26N2O7P-. The second-order valence-electron chi connectivity index (χ2n) is 8.80. The van der Waals surface area contributed by atoms with Crippen molar-refractivity contribution in [3.05, 3.63) is 46.3 Å². The average molecular weight is 473 g/mol. The minimum absolute atomic E-state index is 0.0582. The summed E-state index contributed by atoms with van der Waals surface area (Å²) < 4.78 is 21.7. The highest BCUT2D eigenvalue weighted by atomic mass is 31.2. The number of amides is 2. The van der Waals surface area contributed by atoms with E-state index in [1.165, 1.54) is 0 Å².